The van der Waals surface area contributed by atoms with Crippen molar-refractivity contribution in [3.8, 4) is 0 Å². The SMILES string of the molecule is CSc1cccc(NC(=O)c2ccc(S(=O)(=O)N3CCCC[C@H]3C)cc2)c1. The maximum atomic E-state index is 12.9. The lowest BCUT2D eigenvalue weighted by Gasteiger charge is -2.32. The highest BCUT2D eigenvalue weighted by Gasteiger charge is 2.30. The number of carbonyl (C=O) groups is 1. The molecule has 1 fully saturated rings. The number of nitrogens with one attached hydrogen (secondary N) is 1. The van der Waals surface area contributed by atoms with Crippen LogP contribution in [0.2, 0.25) is 0 Å². The molecule has 1 atom stereocenters. The summed E-state index contributed by atoms with van der Waals surface area (Å²) in [5.41, 5.74) is 1.14. The number of hydrogen-bond donors (Lipinski definition) is 1. The first-order chi connectivity index (χ1) is 12.9. The molecule has 1 heterocycles. The Labute approximate surface area is 165 Å². The number of benzene rings is 2. The fraction of sp³-hybridized carbons (Fsp3) is 0.350. The molecule has 1 N–H and O–H groups in total. The van der Waals surface area contributed by atoms with Crippen molar-refractivity contribution in [2.24, 2.45) is 0 Å². The van der Waals surface area contributed by atoms with E-state index < -0.39 is 10.0 Å². The van der Waals surface area contributed by atoms with E-state index in [1.807, 2.05) is 37.4 Å². The minimum absolute atomic E-state index is 0.00966. The largest absolute Gasteiger partial charge is 0.322 e. The number of amides is 1. The highest BCUT2D eigenvalue weighted by atomic mass is 32.2. The van der Waals surface area contributed by atoms with Crippen LogP contribution in [0.3, 0.4) is 0 Å². The second-order valence-corrected chi connectivity index (χ2v) is 9.44. The summed E-state index contributed by atoms with van der Waals surface area (Å²) in [5, 5.41) is 2.85. The Bertz CT molecular complexity index is 911. The van der Waals surface area contributed by atoms with E-state index in [2.05, 4.69) is 5.32 Å². The van der Waals surface area contributed by atoms with Gasteiger partial charge in [0.25, 0.3) is 5.91 Å². The molecular formula is C20H24N2O3S2. The molecule has 0 unspecified atom stereocenters. The molecule has 3 rings (SSSR count). The van der Waals surface area contributed by atoms with E-state index in [4.69, 9.17) is 0 Å². The summed E-state index contributed by atoms with van der Waals surface area (Å²) in [7, 11) is -3.52. The molecule has 144 valence electrons. The highest BCUT2D eigenvalue weighted by molar-refractivity contribution is 7.98. The van der Waals surface area contributed by atoms with E-state index in [0.29, 0.717) is 17.8 Å². The number of thioether (sulfide) groups is 1. The van der Waals surface area contributed by atoms with E-state index >= 15 is 0 Å². The lowest BCUT2D eigenvalue weighted by atomic mass is 10.1. The van der Waals surface area contributed by atoms with Crippen LogP contribution in [0, 0.1) is 0 Å². The van der Waals surface area contributed by atoms with Crippen molar-refractivity contribution >= 4 is 33.4 Å². The predicted octanol–water partition coefficient (Wildman–Crippen LogP) is 4.22. The first-order valence-corrected chi connectivity index (χ1v) is 11.7. The van der Waals surface area contributed by atoms with E-state index in [1.54, 1.807) is 28.2 Å². The van der Waals surface area contributed by atoms with Gasteiger partial charge < -0.3 is 5.32 Å². The number of anilines is 1. The van der Waals surface area contributed by atoms with Gasteiger partial charge in [0.2, 0.25) is 10.0 Å². The van der Waals surface area contributed by atoms with Gasteiger partial charge in [-0.05, 0) is 68.5 Å². The van der Waals surface area contributed by atoms with Crippen LogP contribution in [0.1, 0.15) is 36.5 Å². The number of rotatable bonds is 5. The fourth-order valence-corrected chi connectivity index (χ4v) is 5.41. The topological polar surface area (TPSA) is 66.5 Å². The first kappa shape index (κ1) is 19.9. The summed E-state index contributed by atoms with van der Waals surface area (Å²) in [6.45, 7) is 2.50. The maximum absolute atomic E-state index is 12.9. The van der Waals surface area contributed by atoms with Crippen LogP contribution in [0.25, 0.3) is 0 Å². The van der Waals surface area contributed by atoms with Crippen LogP contribution in [0.4, 0.5) is 5.69 Å². The van der Waals surface area contributed by atoms with Gasteiger partial charge >= 0.3 is 0 Å². The lowest BCUT2D eigenvalue weighted by molar-refractivity contribution is 0.102. The van der Waals surface area contributed by atoms with Crippen molar-refractivity contribution in [2.45, 2.75) is 42.0 Å². The number of sulfonamides is 1. The number of hydrogen-bond acceptors (Lipinski definition) is 4. The van der Waals surface area contributed by atoms with Crippen molar-refractivity contribution in [3.63, 3.8) is 0 Å². The second-order valence-electron chi connectivity index (χ2n) is 6.67. The monoisotopic (exact) mass is 404 g/mol. The van der Waals surface area contributed by atoms with Crippen molar-refractivity contribution in [2.75, 3.05) is 18.1 Å². The van der Waals surface area contributed by atoms with Crippen LogP contribution in [0.15, 0.2) is 58.3 Å². The number of piperidine rings is 1. The summed E-state index contributed by atoms with van der Waals surface area (Å²) in [6, 6.07) is 13.8. The van der Waals surface area contributed by atoms with Gasteiger partial charge in [-0.1, -0.05) is 12.5 Å². The van der Waals surface area contributed by atoms with Crippen LogP contribution >= 0.6 is 11.8 Å². The van der Waals surface area contributed by atoms with E-state index in [0.717, 1.165) is 24.2 Å². The van der Waals surface area contributed by atoms with Gasteiger partial charge in [-0.2, -0.15) is 4.31 Å². The van der Waals surface area contributed by atoms with Gasteiger partial charge in [0.05, 0.1) is 4.90 Å². The average molecular weight is 405 g/mol. The Kier molecular flexibility index (Phi) is 6.24. The summed E-state index contributed by atoms with van der Waals surface area (Å²) in [4.78, 5) is 13.7. The smallest absolute Gasteiger partial charge is 0.255 e. The standard InChI is InChI=1S/C20H24N2O3S2/c1-15-6-3-4-13-22(15)27(24,25)19-11-9-16(10-12-19)20(23)21-17-7-5-8-18(14-17)26-2/h5,7-12,14-15H,3-4,6,13H2,1-2H3,(H,21,23)/t15-/m1/s1. The van der Waals surface area contributed by atoms with Gasteiger partial charge in [0.1, 0.15) is 0 Å². The summed E-state index contributed by atoms with van der Waals surface area (Å²) in [5.74, 6) is -0.261. The molecule has 2 aromatic carbocycles. The van der Waals surface area contributed by atoms with Crippen molar-refractivity contribution < 1.29 is 13.2 Å². The van der Waals surface area contributed by atoms with Crippen molar-refractivity contribution in [1.29, 1.82) is 0 Å². The van der Waals surface area contributed by atoms with Gasteiger partial charge in [-0.25, -0.2) is 8.42 Å². The second kappa shape index (κ2) is 8.46. The zero-order valence-corrected chi connectivity index (χ0v) is 17.1. The molecule has 1 amide bonds. The molecule has 1 saturated heterocycles. The van der Waals surface area contributed by atoms with Crippen molar-refractivity contribution in [3.05, 3.63) is 54.1 Å². The average Bonchev–Trinajstić information content (AvgIpc) is 2.68. The van der Waals surface area contributed by atoms with Crippen LogP contribution in [-0.2, 0) is 10.0 Å². The summed E-state index contributed by atoms with van der Waals surface area (Å²) >= 11 is 1.60. The van der Waals surface area contributed by atoms with E-state index in [1.165, 1.54) is 12.1 Å². The van der Waals surface area contributed by atoms with E-state index in [-0.39, 0.29) is 16.8 Å². The molecule has 0 bridgehead atoms. The minimum Gasteiger partial charge on any atom is -0.322 e. The predicted molar refractivity (Wildman–Crippen MR) is 110 cm³/mol. The quantitative estimate of drug-likeness (QED) is 0.758. The third-order valence-electron chi connectivity index (χ3n) is 4.79. The third-order valence-corrected chi connectivity index (χ3v) is 7.55. The first-order valence-electron chi connectivity index (χ1n) is 8.99. The van der Waals surface area contributed by atoms with Gasteiger partial charge in [0, 0.05) is 28.7 Å². The van der Waals surface area contributed by atoms with E-state index in [9.17, 15) is 13.2 Å². The van der Waals surface area contributed by atoms with Crippen LogP contribution < -0.4 is 5.32 Å². The molecule has 2 aromatic rings. The Morgan fingerprint density at radius 2 is 1.89 bits per heavy atom. The molecule has 0 aliphatic carbocycles. The molecular weight excluding hydrogens is 380 g/mol. The molecule has 1 aliphatic heterocycles. The summed E-state index contributed by atoms with van der Waals surface area (Å²) in [6.07, 6.45) is 4.81. The molecule has 5 nitrogen and oxygen atoms in total. The third kappa shape index (κ3) is 4.54. The lowest BCUT2D eigenvalue weighted by Crippen LogP contribution is -2.41. The molecule has 7 heteroatoms. The van der Waals surface area contributed by atoms with Gasteiger partial charge in [-0.15, -0.1) is 11.8 Å². The van der Waals surface area contributed by atoms with Crippen molar-refractivity contribution in [1.82, 2.24) is 4.31 Å². The molecule has 0 spiro atoms. The Hall–Kier alpha value is -1.83. The Balaban J connectivity index is 1.75. The van der Waals surface area contributed by atoms with Crippen LogP contribution in [0.5, 0.6) is 0 Å². The zero-order valence-electron chi connectivity index (χ0n) is 15.5. The number of carbonyl (C=O) groups excluding carboxylic acids is 1. The minimum atomic E-state index is -3.52. The molecule has 0 aromatic heterocycles. The van der Waals surface area contributed by atoms with Gasteiger partial charge in [0.15, 0.2) is 0 Å². The molecule has 0 saturated carbocycles. The highest BCUT2D eigenvalue weighted by Crippen LogP contribution is 2.25. The Morgan fingerprint density at radius 3 is 2.56 bits per heavy atom. The summed E-state index contributed by atoms with van der Waals surface area (Å²) < 4.78 is 27.3. The maximum Gasteiger partial charge on any atom is 0.255 e. The van der Waals surface area contributed by atoms with Crippen LogP contribution in [-0.4, -0.2) is 37.5 Å². The zero-order chi connectivity index (χ0) is 19.4. The van der Waals surface area contributed by atoms with Gasteiger partial charge in [-0.3, -0.25) is 4.79 Å². The molecule has 0 radical (unpaired) electrons. The number of nitrogens with zero attached hydrogens (tertiary/aromatic N) is 1. The normalized spacial score (nSPS) is 18.2. The fourth-order valence-electron chi connectivity index (χ4n) is 3.25. The molecule has 1 aliphatic rings. The Morgan fingerprint density at radius 1 is 1.15 bits per heavy atom. The molecule has 27 heavy (non-hydrogen) atoms.